The Balaban J connectivity index is 2.34. The van der Waals surface area contributed by atoms with E-state index in [4.69, 9.17) is 4.74 Å². The van der Waals surface area contributed by atoms with Crippen molar-refractivity contribution in [3.63, 3.8) is 0 Å². The van der Waals surface area contributed by atoms with Gasteiger partial charge in [0.1, 0.15) is 5.56 Å². The Morgan fingerprint density at radius 1 is 1.08 bits per heavy atom. The van der Waals surface area contributed by atoms with E-state index in [1.54, 1.807) is 48.5 Å². The number of methoxy groups -OCH3 is 1. The molecule has 3 rings (SSSR count). The molecule has 1 heterocycles. The normalized spacial score (nSPS) is 10.5. The van der Waals surface area contributed by atoms with Gasteiger partial charge in [-0.15, -0.1) is 0 Å². The van der Waals surface area contributed by atoms with Gasteiger partial charge in [0.05, 0.1) is 12.8 Å². The Labute approximate surface area is 152 Å². The van der Waals surface area contributed by atoms with Crippen molar-refractivity contribution in [3.8, 4) is 22.7 Å². The largest absolute Gasteiger partial charge is 0.493 e. The summed E-state index contributed by atoms with van der Waals surface area (Å²) in [5, 5.41) is 10.7. The van der Waals surface area contributed by atoms with Crippen LogP contribution in [0, 0.1) is 0 Å². The van der Waals surface area contributed by atoms with Crippen LogP contribution in [0.5, 0.6) is 5.88 Å². The van der Waals surface area contributed by atoms with Gasteiger partial charge in [-0.05, 0) is 23.8 Å². The number of nitrogens with zero attached hydrogens (tertiary/aromatic N) is 1. The highest BCUT2D eigenvalue weighted by Gasteiger charge is 2.23. The third-order valence-electron chi connectivity index (χ3n) is 3.73. The topological polar surface area (TPSA) is 68.5 Å². The van der Waals surface area contributed by atoms with Crippen molar-refractivity contribution in [2.24, 2.45) is 0 Å². The first-order valence-electron chi connectivity index (χ1n) is 7.41. The Hall–Kier alpha value is -2.86. The molecule has 1 aromatic heterocycles. The minimum absolute atomic E-state index is 0.0618. The lowest BCUT2D eigenvalue weighted by Crippen LogP contribution is -2.21. The second-order valence-corrected chi connectivity index (χ2v) is 6.18. The average Bonchev–Trinajstić information content (AvgIpc) is 2.61. The number of aromatic nitrogens is 1. The molecular weight excluding hydrogens is 386 g/mol. The van der Waals surface area contributed by atoms with Crippen molar-refractivity contribution in [2.45, 2.75) is 0 Å². The molecule has 5 nitrogen and oxygen atoms in total. The Morgan fingerprint density at radius 3 is 2.44 bits per heavy atom. The minimum Gasteiger partial charge on any atom is -0.493 e. The van der Waals surface area contributed by atoms with E-state index in [1.165, 1.54) is 13.2 Å². The highest BCUT2D eigenvalue weighted by molar-refractivity contribution is 9.10. The summed E-state index contributed by atoms with van der Waals surface area (Å²) < 4.78 is 6.62. The van der Waals surface area contributed by atoms with Crippen molar-refractivity contribution >= 4 is 21.9 Å². The molecule has 0 saturated heterocycles. The van der Waals surface area contributed by atoms with E-state index in [9.17, 15) is 14.7 Å². The third kappa shape index (κ3) is 3.21. The number of hydrogen-bond acceptors (Lipinski definition) is 4. The number of halogens is 1. The molecule has 0 atom stereocenters. The molecular formula is C19H14BrNO4. The molecule has 3 aromatic rings. The van der Waals surface area contributed by atoms with Gasteiger partial charge in [0.2, 0.25) is 5.88 Å². The predicted octanol–water partition coefficient (Wildman–Crippen LogP) is 3.76. The maximum absolute atomic E-state index is 12.6. The zero-order valence-electron chi connectivity index (χ0n) is 13.3. The molecule has 25 heavy (non-hydrogen) atoms. The van der Waals surface area contributed by atoms with Crippen molar-refractivity contribution in [3.05, 3.63) is 81.1 Å². The molecule has 0 amide bonds. The van der Waals surface area contributed by atoms with Gasteiger partial charge in [0.25, 0.3) is 5.56 Å². The summed E-state index contributed by atoms with van der Waals surface area (Å²) in [4.78, 5) is 24.9. The number of carbonyl (C=O) groups is 1. The number of ether oxygens (including phenoxy) is 1. The molecule has 126 valence electrons. The molecule has 0 aliphatic heterocycles. The van der Waals surface area contributed by atoms with Crippen molar-refractivity contribution in [1.29, 1.82) is 0 Å². The fourth-order valence-corrected chi connectivity index (χ4v) is 3.00. The number of aromatic hydroxyl groups is 1. The Morgan fingerprint density at radius 2 is 1.80 bits per heavy atom. The van der Waals surface area contributed by atoms with Gasteiger partial charge in [-0.1, -0.05) is 52.3 Å². The molecule has 0 radical (unpaired) electrons. The van der Waals surface area contributed by atoms with Gasteiger partial charge in [0.15, 0.2) is 0 Å². The van der Waals surface area contributed by atoms with Crippen molar-refractivity contribution < 1.29 is 14.6 Å². The van der Waals surface area contributed by atoms with Gasteiger partial charge in [-0.25, -0.2) is 9.36 Å². The first kappa shape index (κ1) is 17.0. The molecule has 0 bridgehead atoms. The minimum atomic E-state index is -0.722. The maximum Gasteiger partial charge on any atom is 0.343 e. The zero-order chi connectivity index (χ0) is 18.0. The Kier molecular flexibility index (Phi) is 4.72. The van der Waals surface area contributed by atoms with Gasteiger partial charge in [-0.2, -0.15) is 0 Å². The molecule has 6 heteroatoms. The molecule has 2 aromatic carbocycles. The van der Waals surface area contributed by atoms with Crippen molar-refractivity contribution in [1.82, 2.24) is 4.57 Å². The summed E-state index contributed by atoms with van der Waals surface area (Å²) in [5.41, 5.74) is 0.870. The van der Waals surface area contributed by atoms with E-state index < -0.39 is 17.4 Å². The van der Waals surface area contributed by atoms with Crippen LogP contribution >= 0.6 is 15.9 Å². The second kappa shape index (κ2) is 6.94. The lowest BCUT2D eigenvalue weighted by atomic mass is 10.0. The van der Waals surface area contributed by atoms with E-state index in [1.807, 2.05) is 6.07 Å². The summed E-state index contributed by atoms with van der Waals surface area (Å²) in [6.07, 6.45) is 0. The lowest BCUT2D eigenvalue weighted by molar-refractivity contribution is 0.0597. The highest BCUT2D eigenvalue weighted by Crippen LogP contribution is 2.31. The predicted molar refractivity (Wildman–Crippen MR) is 98.2 cm³/mol. The summed E-state index contributed by atoms with van der Waals surface area (Å²) in [5.74, 6) is -1.18. The number of rotatable bonds is 3. The van der Waals surface area contributed by atoms with E-state index in [0.717, 1.165) is 9.04 Å². The fourth-order valence-electron chi connectivity index (χ4n) is 2.61. The lowest BCUT2D eigenvalue weighted by Gasteiger charge is -2.15. The molecule has 0 unspecified atom stereocenters. The molecule has 0 aliphatic carbocycles. The van der Waals surface area contributed by atoms with Crippen LogP contribution in [0.1, 0.15) is 10.4 Å². The molecule has 1 N–H and O–H groups in total. The van der Waals surface area contributed by atoms with Crippen LogP contribution in [-0.4, -0.2) is 22.8 Å². The molecule has 0 fully saturated rings. The van der Waals surface area contributed by atoms with E-state index in [0.29, 0.717) is 16.8 Å². The van der Waals surface area contributed by atoms with E-state index in [-0.39, 0.29) is 5.56 Å². The van der Waals surface area contributed by atoms with Gasteiger partial charge < -0.3 is 9.84 Å². The fraction of sp³-hybridized carbons (Fsp3) is 0.0526. The monoisotopic (exact) mass is 399 g/mol. The quantitative estimate of drug-likeness (QED) is 0.680. The molecule has 0 saturated carbocycles. The van der Waals surface area contributed by atoms with Crippen LogP contribution < -0.4 is 5.56 Å². The number of carbonyl (C=O) groups excluding carboxylic acids is 1. The van der Waals surface area contributed by atoms with Gasteiger partial charge in [0, 0.05) is 16.1 Å². The van der Waals surface area contributed by atoms with E-state index in [2.05, 4.69) is 15.9 Å². The van der Waals surface area contributed by atoms with Crippen LogP contribution in [-0.2, 0) is 4.74 Å². The summed E-state index contributed by atoms with van der Waals surface area (Å²) >= 11 is 3.33. The summed E-state index contributed by atoms with van der Waals surface area (Å²) in [7, 11) is 1.23. The summed E-state index contributed by atoms with van der Waals surface area (Å²) in [6.45, 7) is 0. The van der Waals surface area contributed by atoms with Crippen molar-refractivity contribution in [2.75, 3.05) is 7.11 Å². The van der Waals surface area contributed by atoms with Crippen LogP contribution in [0.25, 0.3) is 16.8 Å². The summed E-state index contributed by atoms with van der Waals surface area (Å²) in [6, 6.07) is 17.1. The zero-order valence-corrected chi connectivity index (χ0v) is 14.9. The Bertz CT molecular complexity index is 996. The molecule has 0 spiro atoms. The van der Waals surface area contributed by atoms with Crippen LogP contribution in [0.15, 0.2) is 69.9 Å². The van der Waals surface area contributed by atoms with Gasteiger partial charge >= 0.3 is 5.97 Å². The maximum atomic E-state index is 12.6. The first-order chi connectivity index (χ1) is 12.0. The average molecular weight is 400 g/mol. The SMILES string of the molecule is COC(=O)c1c(-c2ccccc2)cc(=O)n(-c2cccc(Br)c2)c1O. The first-order valence-corrected chi connectivity index (χ1v) is 8.21. The second-order valence-electron chi connectivity index (χ2n) is 5.27. The number of esters is 1. The number of benzene rings is 2. The van der Waals surface area contributed by atoms with Gasteiger partial charge in [-0.3, -0.25) is 4.79 Å². The van der Waals surface area contributed by atoms with Crippen LogP contribution in [0.2, 0.25) is 0 Å². The smallest absolute Gasteiger partial charge is 0.343 e. The molecule has 0 aliphatic rings. The number of hydrogen-bond donors (Lipinski definition) is 1. The van der Waals surface area contributed by atoms with E-state index >= 15 is 0 Å². The third-order valence-corrected chi connectivity index (χ3v) is 4.23. The highest BCUT2D eigenvalue weighted by atomic mass is 79.9. The number of pyridine rings is 1. The van der Waals surface area contributed by atoms with Crippen LogP contribution in [0.4, 0.5) is 0 Å². The van der Waals surface area contributed by atoms with Crippen LogP contribution in [0.3, 0.4) is 0 Å². The standard InChI is InChI=1S/C19H14BrNO4/c1-25-19(24)17-15(12-6-3-2-4-7-12)11-16(22)21(18(17)23)14-9-5-8-13(20)10-14/h2-11,23H,1H3.